The van der Waals surface area contributed by atoms with Crippen LogP contribution in [0.1, 0.15) is 12.8 Å². The molecule has 0 rings (SSSR count). The smallest absolute Gasteiger partial charge is 0.307 e. The van der Waals surface area contributed by atoms with Crippen LogP contribution < -0.4 is 0 Å². The predicted octanol–water partition coefficient (Wildman–Crippen LogP) is 2.76. The van der Waals surface area contributed by atoms with Crippen LogP contribution in [0, 0.1) is 0 Å². The zero-order chi connectivity index (χ0) is 7.33. The Morgan fingerprint density at radius 3 is 2.22 bits per heavy atom. The van der Waals surface area contributed by atoms with Crippen molar-refractivity contribution in [2.45, 2.75) is 23.6 Å². The molecule has 0 unspecified atom stereocenters. The number of alkyl halides is 3. The maximum Gasteiger partial charge on any atom is 0.468 e. The minimum atomic E-state index is -3.95. The van der Waals surface area contributed by atoms with Gasteiger partial charge in [0.1, 0.15) is 0 Å². The first-order valence-corrected chi connectivity index (χ1v) is 7.59. The van der Waals surface area contributed by atoms with E-state index < -0.39 is 12.6 Å². The van der Waals surface area contributed by atoms with E-state index >= 15 is 0 Å². The molecule has 0 aliphatic heterocycles. The van der Waals surface area contributed by atoms with Gasteiger partial charge < -0.3 is 12.9 Å². The molecule has 0 saturated carbocycles. The van der Waals surface area contributed by atoms with Crippen molar-refractivity contribution in [1.82, 2.24) is 0 Å². The Morgan fingerprint density at radius 2 is 1.89 bits per heavy atom. The normalized spacial score (nSPS) is 11.1. The van der Waals surface area contributed by atoms with Crippen molar-refractivity contribution in [3.63, 3.8) is 0 Å². The highest BCUT2D eigenvalue weighted by molar-refractivity contribution is 9.23. The van der Waals surface area contributed by atoms with Crippen LogP contribution in [0.5, 0.6) is 0 Å². The number of hydrogen-bond acceptors (Lipinski definition) is 0. The second-order valence-corrected chi connectivity index (χ2v) is 5.23. The molecule has 0 atom stereocenters. The van der Waals surface area contributed by atoms with E-state index in [4.69, 9.17) is 0 Å². The Labute approximate surface area is 67.8 Å². The van der Waals surface area contributed by atoms with Gasteiger partial charge in [0.2, 0.25) is 0 Å². The van der Waals surface area contributed by atoms with Crippen LogP contribution in [-0.2, 0) is 0 Å². The van der Waals surface area contributed by atoms with E-state index in [0.29, 0.717) is 6.42 Å². The number of rotatable bonds is 3. The molecule has 0 bridgehead atoms. The molecule has 0 aromatic heterocycles. The molecule has 0 heterocycles. The summed E-state index contributed by atoms with van der Waals surface area (Å²) >= 11 is 2.85. The SMILES string of the molecule is FC(F)(F)CC[CH2][Mg][Br]. The van der Waals surface area contributed by atoms with E-state index in [-0.39, 0.29) is 18.2 Å². The third kappa shape index (κ3) is 9.04. The molecule has 0 saturated heterocycles. The first kappa shape index (κ1) is 10.0. The zero-order valence-corrected chi connectivity index (χ0v) is 7.84. The van der Waals surface area contributed by atoms with Crippen LogP contribution in [0.2, 0.25) is 4.55 Å². The minimum absolute atomic E-state index is 0.293. The highest BCUT2D eigenvalue weighted by Crippen LogP contribution is 2.22. The van der Waals surface area contributed by atoms with Crippen LogP contribution in [-0.4, -0.2) is 24.4 Å². The lowest BCUT2D eigenvalue weighted by molar-refractivity contribution is -0.134. The van der Waals surface area contributed by atoms with Crippen molar-refractivity contribution in [2.75, 3.05) is 0 Å². The summed E-state index contributed by atoms with van der Waals surface area (Å²) in [6.07, 6.45) is -4.27. The van der Waals surface area contributed by atoms with Gasteiger partial charge in [-0.2, -0.15) is 13.2 Å². The Hall–Kier alpha value is 1.04. The van der Waals surface area contributed by atoms with Gasteiger partial charge in [0.05, 0.1) is 0 Å². The van der Waals surface area contributed by atoms with Crippen molar-refractivity contribution in [3.05, 3.63) is 0 Å². The van der Waals surface area contributed by atoms with Gasteiger partial charge in [0.25, 0.3) is 0 Å². The van der Waals surface area contributed by atoms with Crippen molar-refractivity contribution in [3.8, 4) is 0 Å². The molecule has 9 heavy (non-hydrogen) atoms. The Bertz CT molecular complexity index is 72.7. The molecule has 0 spiro atoms. The fraction of sp³-hybridized carbons (Fsp3) is 1.00. The van der Waals surface area contributed by atoms with Gasteiger partial charge in [-0.3, -0.25) is 0 Å². The van der Waals surface area contributed by atoms with Crippen molar-refractivity contribution >= 4 is 31.1 Å². The maximum atomic E-state index is 11.4. The van der Waals surface area contributed by atoms with Crippen LogP contribution in [0.4, 0.5) is 13.2 Å². The Kier molecular flexibility index (Phi) is 5.34. The second kappa shape index (κ2) is 4.79. The molecule has 0 aliphatic carbocycles. The lowest BCUT2D eigenvalue weighted by atomic mass is 10.3. The van der Waals surface area contributed by atoms with Gasteiger partial charge in [-0.05, 0) is 0 Å². The molecular formula is C4H6BrF3Mg. The summed E-state index contributed by atoms with van der Waals surface area (Å²) in [6, 6.07) is 0. The van der Waals surface area contributed by atoms with Crippen LogP contribution >= 0.6 is 12.9 Å². The predicted molar refractivity (Wildman–Crippen MR) is 34.8 cm³/mol. The van der Waals surface area contributed by atoms with E-state index in [9.17, 15) is 13.2 Å². The molecule has 0 fully saturated rings. The lowest BCUT2D eigenvalue weighted by Gasteiger charge is -2.02. The number of hydrogen-bond donors (Lipinski definition) is 0. The molecule has 0 aliphatic rings. The van der Waals surface area contributed by atoms with Crippen LogP contribution in [0.3, 0.4) is 0 Å². The molecule has 0 N–H and O–H groups in total. The second-order valence-electron chi connectivity index (χ2n) is 1.76. The quantitative estimate of drug-likeness (QED) is 0.501. The maximum absolute atomic E-state index is 11.4. The molecule has 0 aromatic rings. The molecule has 5 heteroatoms. The van der Waals surface area contributed by atoms with Crippen molar-refractivity contribution in [2.24, 2.45) is 0 Å². The van der Waals surface area contributed by atoms with Gasteiger partial charge in [-0.25, -0.2) is 0 Å². The van der Waals surface area contributed by atoms with Gasteiger partial charge in [-0.15, -0.1) is 4.55 Å². The van der Waals surface area contributed by atoms with Gasteiger partial charge in [-0.1, -0.05) is 6.42 Å². The van der Waals surface area contributed by atoms with Gasteiger partial charge in [0.15, 0.2) is 0 Å². The molecule has 52 valence electrons. The highest BCUT2D eigenvalue weighted by atomic mass is 79.9. The summed E-state index contributed by atoms with van der Waals surface area (Å²) in [5, 5.41) is 0. The van der Waals surface area contributed by atoms with Crippen molar-refractivity contribution in [1.29, 1.82) is 0 Å². The minimum Gasteiger partial charge on any atom is -0.307 e. The summed E-state index contributed by atoms with van der Waals surface area (Å²) in [5.41, 5.74) is 0. The van der Waals surface area contributed by atoms with E-state index in [0.717, 1.165) is 4.55 Å². The zero-order valence-electron chi connectivity index (χ0n) is 4.84. The first-order chi connectivity index (χ1) is 4.06. The summed E-state index contributed by atoms with van der Waals surface area (Å²) in [6.45, 7) is 0. The summed E-state index contributed by atoms with van der Waals surface area (Å²) in [5.74, 6) is 0. The average molecular weight is 215 g/mol. The Morgan fingerprint density at radius 1 is 1.33 bits per heavy atom. The fourth-order valence-electron chi connectivity index (χ4n) is 0.420. The topological polar surface area (TPSA) is 0 Å². The van der Waals surface area contributed by atoms with Gasteiger partial charge in [0, 0.05) is 6.42 Å². The number of halogens is 4. The average Bonchev–Trinajstić information content (AvgIpc) is 1.63. The summed E-state index contributed by atoms with van der Waals surface area (Å²) in [7, 11) is 0. The van der Waals surface area contributed by atoms with E-state index in [1.54, 1.807) is 0 Å². The summed E-state index contributed by atoms with van der Waals surface area (Å²) in [4.78, 5) is 0. The van der Waals surface area contributed by atoms with E-state index in [1.807, 2.05) is 0 Å². The van der Waals surface area contributed by atoms with E-state index in [1.165, 1.54) is 0 Å². The molecule has 0 nitrogen and oxygen atoms in total. The fourth-order valence-corrected chi connectivity index (χ4v) is 2.05. The van der Waals surface area contributed by atoms with Gasteiger partial charge >= 0.3 is 24.4 Å². The van der Waals surface area contributed by atoms with Crippen molar-refractivity contribution < 1.29 is 13.2 Å². The Balaban J connectivity index is 3.07. The standard InChI is InChI=1S/C4H6F3.BrH.Mg/c1-2-3-4(5,6)7;;/h1-3H2;1H;/q;;+1/p-1. The van der Waals surface area contributed by atoms with Crippen LogP contribution in [0.15, 0.2) is 0 Å². The molecule has 0 aromatic carbocycles. The third-order valence-electron chi connectivity index (χ3n) is 0.844. The first-order valence-electron chi connectivity index (χ1n) is 2.69. The molecule has 0 radical (unpaired) electrons. The third-order valence-corrected chi connectivity index (χ3v) is 3.29. The van der Waals surface area contributed by atoms with Crippen LogP contribution in [0.25, 0.3) is 0 Å². The summed E-state index contributed by atoms with van der Waals surface area (Å²) < 4.78 is 34.9. The molecule has 0 amide bonds. The largest absolute Gasteiger partial charge is 0.468 e. The lowest BCUT2D eigenvalue weighted by Crippen LogP contribution is -2.06. The molecular weight excluding hydrogens is 209 g/mol. The monoisotopic (exact) mass is 214 g/mol. The van der Waals surface area contributed by atoms with E-state index in [2.05, 4.69) is 12.9 Å². The highest BCUT2D eigenvalue weighted by Gasteiger charge is 2.25.